The minimum absolute atomic E-state index is 0.0338. The van der Waals surface area contributed by atoms with Gasteiger partial charge in [0.2, 0.25) is 6.29 Å². The van der Waals surface area contributed by atoms with E-state index in [0.29, 0.717) is 17.0 Å². The van der Waals surface area contributed by atoms with Crippen molar-refractivity contribution in [2.75, 3.05) is 5.32 Å². The maximum absolute atomic E-state index is 12.9. The van der Waals surface area contributed by atoms with Gasteiger partial charge in [0.15, 0.2) is 0 Å². The quantitative estimate of drug-likeness (QED) is 0.421. The molecule has 0 aliphatic heterocycles. The summed E-state index contributed by atoms with van der Waals surface area (Å²) in [4.78, 5) is 16.9. The summed E-state index contributed by atoms with van der Waals surface area (Å²) in [5.41, 5.74) is 1.97. The molecule has 1 amide bonds. The molecule has 5 heteroatoms. The second-order valence-corrected chi connectivity index (χ2v) is 7.14. The molecule has 5 nitrogen and oxygen atoms in total. The van der Waals surface area contributed by atoms with Gasteiger partial charge in [-0.25, -0.2) is 0 Å². The summed E-state index contributed by atoms with van der Waals surface area (Å²) in [6.45, 7) is 4.21. The number of para-hydroxylation sites is 1. The number of rotatable bonds is 10. The van der Waals surface area contributed by atoms with Crippen LogP contribution in [-0.4, -0.2) is 17.0 Å². The SMILES string of the molecule is CCCCC(C)OC(Oc1ccccc1C(=O)Nc1cccnc1)c1ccccc1. The normalized spacial score (nSPS) is 12.7. The third-order valence-electron chi connectivity index (χ3n) is 4.68. The molecular weight excluding hydrogens is 376 g/mol. The molecule has 2 unspecified atom stereocenters. The molecule has 0 bridgehead atoms. The highest BCUT2D eigenvalue weighted by Gasteiger charge is 2.21. The van der Waals surface area contributed by atoms with Crippen molar-refractivity contribution in [1.82, 2.24) is 4.98 Å². The molecule has 0 radical (unpaired) electrons. The van der Waals surface area contributed by atoms with Crippen LogP contribution >= 0.6 is 0 Å². The van der Waals surface area contributed by atoms with Gasteiger partial charge in [0.05, 0.1) is 23.6 Å². The second kappa shape index (κ2) is 11.1. The van der Waals surface area contributed by atoms with E-state index in [0.717, 1.165) is 24.8 Å². The van der Waals surface area contributed by atoms with E-state index < -0.39 is 6.29 Å². The van der Waals surface area contributed by atoms with Crippen molar-refractivity contribution in [3.63, 3.8) is 0 Å². The van der Waals surface area contributed by atoms with E-state index in [2.05, 4.69) is 24.1 Å². The van der Waals surface area contributed by atoms with Crippen LogP contribution < -0.4 is 10.1 Å². The number of pyridine rings is 1. The van der Waals surface area contributed by atoms with E-state index in [-0.39, 0.29) is 12.0 Å². The highest BCUT2D eigenvalue weighted by molar-refractivity contribution is 6.06. The fraction of sp³-hybridized carbons (Fsp3) is 0.280. The second-order valence-electron chi connectivity index (χ2n) is 7.14. The monoisotopic (exact) mass is 404 g/mol. The van der Waals surface area contributed by atoms with Crippen molar-refractivity contribution in [2.45, 2.75) is 45.5 Å². The van der Waals surface area contributed by atoms with Gasteiger partial charge in [-0.05, 0) is 37.6 Å². The minimum atomic E-state index is -0.606. The molecule has 0 fully saturated rings. The maximum atomic E-state index is 12.9. The van der Waals surface area contributed by atoms with Crippen LogP contribution in [0.25, 0.3) is 0 Å². The number of nitrogens with zero attached hydrogens (tertiary/aromatic N) is 1. The zero-order valence-corrected chi connectivity index (χ0v) is 17.5. The third-order valence-corrected chi connectivity index (χ3v) is 4.68. The van der Waals surface area contributed by atoms with Crippen molar-refractivity contribution < 1.29 is 14.3 Å². The first-order valence-corrected chi connectivity index (χ1v) is 10.3. The number of amides is 1. The van der Waals surface area contributed by atoms with Gasteiger partial charge < -0.3 is 14.8 Å². The van der Waals surface area contributed by atoms with E-state index in [4.69, 9.17) is 9.47 Å². The predicted molar refractivity (Wildman–Crippen MR) is 119 cm³/mol. The highest BCUT2D eigenvalue weighted by Crippen LogP contribution is 2.28. The third kappa shape index (κ3) is 6.16. The largest absolute Gasteiger partial charge is 0.460 e. The molecule has 156 valence electrons. The number of benzene rings is 2. The molecule has 2 atom stereocenters. The van der Waals surface area contributed by atoms with Crippen LogP contribution in [0, 0.1) is 0 Å². The Hall–Kier alpha value is -3.18. The summed E-state index contributed by atoms with van der Waals surface area (Å²) in [5.74, 6) is 0.208. The lowest BCUT2D eigenvalue weighted by Crippen LogP contribution is -2.20. The first kappa shape index (κ1) is 21.5. The van der Waals surface area contributed by atoms with E-state index in [1.807, 2.05) is 42.5 Å². The smallest absolute Gasteiger partial charge is 0.259 e. The van der Waals surface area contributed by atoms with Crippen molar-refractivity contribution in [3.05, 3.63) is 90.3 Å². The standard InChI is InChI=1S/C25H28N2O3/c1-3-4-11-19(2)29-25(20-12-6-5-7-13-20)30-23-16-9-8-15-22(23)24(28)27-21-14-10-17-26-18-21/h5-10,12-19,25H,3-4,11H2,1-2H3,(H,27,28). The van der Waals surface area contributed by atoms with Gasteiger partial charge in [-0.15, -0.1) is 0 Å². The molecule has 0 saturated carbocycles. The molecule has 0 aliphatic carbocycles. The summed E-state index contributed by atoms with van der Waals surface area (Å²) >= 11 is 0. The lowest BCUT2D eigenvalue weighted by molar-refractivity contribution is -0.119. The Morgan fingerprint density at radius 2 is 1.80 bits per heavy atom. The summed E-state index contributed by atoms with van der Waals surface area (Å²) in [6.07, 6.45) is 5.85. The Balaban J connectivity index is 1.81. The average molecular weight is 405 g/mol. The van der Waals surface area contributed by atoms with Gasteiger partial charge in [0, 0.05) is 11.8 Å². The molecule has 30 heavy (non-hydrogen) atoms. The minimum Gasteiger partial charge on any atom is -0.460 e. The Bertz CT molecular complexity index is 916. The fourth-order valence-electron chi connectivity index (χ4n) is 3.06. The van der Waals surface area contributed by atoms with Gasteiger partial charge in [0.25, 0.3) is 5.91 Å². The Morgan fingerprint density at radius 1 is 1.03 bits per heavy atom. The molecule has 1 aromatic heterocycles. The zero-order valence-electron chi connectivity index (χ0n) is 17.5. The molecule has 3 aromatic rings. The molecule has 3 rings (SSSR count). The fourth-order valence-corrected chi connectivity index (χ4v) is 3.06. The first-order valence-electron chi connectivity index (χ1n) is 10.3. The molecule has 0 spiro atoms. The van der Waals surface area contributed by atoms with Crippen LogP contribution in [-0.2, 0) is 4.74 Å². The Labute approximate surface area is 178 Å². The highest BCUT2D eigenvalue weighted by atomic mass is 16.7. The van der Waals surface area contributed by atoms with E-state index in [9.17, 15) is 4.79 Å². The van der Waals surface area contributed by atoms with Gasteiger partial charge in [-0.2, -0.15) is 0 Å². The summed E-state index contributed by atoms with van der Waals surface area (Å²) < 4.78 is 12.5. The summed E-state index contributed by atoms with van der Waals surface area (Å²) in [6, 6.07) is 20.5. The van der Waals surface area contributed by atoms with E-state index >= 15 is 0 Å². The molecule has 2 aromatic carbocycles. The molecule has 0 saturated heterocycles. The Morgan fingerprint density at radius 3 is 2.53 bits per heavy atom. The zero-order chi connectivity index (χ0) is 21.2. The van der Waals surface area contributed by atoms with Gasteiger partial charge >= 0.3 is 0 Å². The lowest BCUT2D eigenvalue weighted by atomic mass is 10.1. The average Bonchev–Trinajstić information content (AvgIpc) is 2.79. The van der Waals surface area contributed by atoms with Crippen LogP contribution in [0.4, 0.5) is 5.69 Å². The predicted octanol–water partition coefficient (Wildman–Crippen LogP) is 6.01. The van der Waals surface area contributed by atoms with Crippen LogP contribution in [0.5, 0.6) is 5.75 Å². The number of unbranched alkanes of at least 4 members (excludes halogenated alkanes) is 1. The van der Waals surface area contributed by atoms with E-state index in [1.54, 1.807) is 36.7 Å². The van der Waals surface area contributed by atoms with Crippen LogP contribution in [0.1, 0.15) is 55.3 Å². The molecular formula is C25H28N2O3. The Kier molecular flexibility index (Phi) is 7.98. The topological polar surface area (TPSA) is 60.5 Å². The summed E-state index contributed by atoms with van der Waals surface area (Å²) in [7, 11) is 0. The van der Waals surface area contributed by atoms with Crippen molar-refractivity contribution in [1.29, 1.82) is 0 Å². The molecule has 1 heterocycles. The number of carbonyl (C=O) groups is 1. The number of aromatic nitrogens is 1. The molecule has 1 N–H and O–H groups in total. The van der Waals surface area contributed by atoms with Crippen LogP contribution in [0.3, 0.4) is 0 Å². The summed E-state index contributed by atoms with van der Waals surface area (Å²) in [5, 5.41) is 2.86. The number of carbonyl (C=O) groups excluding carboxylic acids is 1. The van der Waals surface area contributed by atoms with Crippen molar-refractivity contribution >= 4 is 11.6 Å². The number of hydrogen-bond acceptors (Lipinski definition) is 4. The van der Waals surface area contributed by atoms with Gasteiger partial charge in [-0.1, -0.05) is 62.2 Å². The van der Waals surface area contributed by atoms with Crippen molar-refractivity contribution in [2.24, 2.45) is 0 Å². The van der Waals surface area contributed by atoms with Gasteiger partial charge in [0.1, 0.15) is 5.75 Å². The maximum Gasteiger partial charge on any atom is 0.259 e. The van der Waals surface area contributed by atoms with Crippen LogP contribution in [0.2, 0.25) is 0 Å². The number of nitrogens with one attached hydrogen (secondary N) is 1. The molecule has 0 aliphatic rings. The lowest BCUT2D eigenvalue weighted by Gasteiger charge is -2.25. The van der Waals surface area contributed by atoms with Gasteiger partial charge in [-0.3, -0.25) is 9.78 Å². The first-order chi connectivity index (χ1) is 14.7. The van der Waals surface area contributed by atoms with E-state index in [1.165, 1.54) is 0 Å². The number of ether oxygens (including phenoxy) is 2. The van der Waals surface area contributed by atoms with Crippen LogP contribution in [0.15, 0.2) is 79.1 Å². The number of anilines is 1. The number of hydrogen-bond donors (Lipinski definition) is 1. The van der Waals surface area contributed by atoms with Crippen molar-refractivity contribution in [3.8, 4) is 5.75 Å².